The van der Waals surface area contributed by atoms with E-state index in [4.69, 9.17) is 9.47 Å². The van der Waals surface area contributed by atoms with Crippen molar-refractivity contribution in [1.82, 2.24) is 5.32 Å². The third-order valence-electron chi connectivity index (χ3n) is 5.01. The minimum Gasteiger partial charge on any atom is -0.380 e. The maximum absolute atomic E-state index is 6.11. The van der Waals surface area contributed by atoms with Crippen molar-refractivity contribution in [3.63, 3.8) is 0 Å². The Hall–Kier alpha value is -0.900. The number of hydrogen-bond donors (Lipinski definition) is 1. The van der Waals surface area contributed by atoms with Crippen LogP contribution in [0.5, 0.6) is 0 Å². The number of methoxy groups -OCH3 is 1. The quantitative estimate of drug-likeness (QED) is 0.901. The van der Waals surface area contributed by atoms with Crippen molar-refractivity contribution in [3.8, 4) is 0 Å². The van der Waals surface area contributed by atoms with Crippen molar-refractivity contribution < 1.29 is 9.47 Å². The first-order valence-corrected chi connectivity index (χ1v) is 8.24. The second kappa shape index (κ2) is 6.91. The van der Waals surface area contributed by atoms with Gasteiger partial charge in [0.2, 0.25) is 0 Å². The molecule has 1 aromatic carbocycles. The van der Waals surface area contributed by atoms with Crippen molar-refractivity contribution in [3.05, 3.63) is 35.4 Å². The molecule has 0 amide bonds. The number of ether oxygens (including phenoxy) is 2. The Morgan fingerprint density at radius 3 is 2.76 bits per heavy atom. The molecule has 0 bridgehead atoms. The maximum Gasteiger partial charge on any atom is 0.0716 e. The van der Waals surface area contributed by atoms with E-state index in [1.165, 1.54) is 43.2 Å². The van der Waals surface area contributed by atoms with Crippen LogP contribution in [0.1, 0.15) is 49.7 Å². The molecule has 2 fully saturated rings. The van der Waals surface area contributed by atoms with Crippen LogP contribution in [0.2, 0.25) is 0 Å². The summed E-state index contributed by atoms with van der Waals surface area (Å²) >= 11 is 0. The fraction of sp³-hybridized carbons (Fsp3) is 0.667. The van der Waals surface area contributed by atoms with Crippen molar-refractivity contribution in [2.24, 2.45) is 0 Å². The highest BCUT2D eigenvalue weighted by atomic mass is 16.5. The molecule has 1 saturated heterocycles. The Morgan fingerprint density at radius 2 is 2.00 bits per heavy atom. The second-order valence-corrected chi connectivity index (χ2v) is 6.51. The molecule has 1 heterocycles. The van der Waals surface area contributed by atoms with Gasteiger partial charge in [-0.05, 0) is 36.8 Å². The Morgan fingerprint density at radius 1 is 1.24 bits per heavy atom. The molecule has 21 heavy (non-hydrogen) atoms. The van der Waals surface area contributed by atoms with Gasteiger partial charge in [-0.3, -0.25) is 0 Å². The molecule has 2 aliphatic rings. The van der Waals surface area contributed by atoms with Gasteiger partial charge in [0, 0.05) is 26.3 Å². The summed E-state index contributed by atoms with van der Waals surface area (Å²) in [6.45, 7) is 2.53. The molecule has 1 aliphatic carbocycles. The van der Waals surface area contributed by atoms with Crippen LogP contribution in [0, 0.1) is 0 Å². The summed E-state index contributed by atoms with van der Waals surface area (Å²) in [7, 11) is 1.76. The van der Waals surface area contributed by atoms with Gasteiger partial charge in [-0.15, -0.1) is 0 Å². The van der Waals surface area contributed by atoms with Crippen LogP contribution >= 0.6 is 0 Å². The predicted molar refractivity (Wildman–Crippen MR) is 84.2 cm³/mol. The zero-order valence-corrected chi connectivity index (χ0v) is 13.1. The molecular weight excluding hydrogens is 262 g/mol. The van der Waals surface area contributed by atoms with Crippen LogP contribution in [-0.2, 0) is 22.6 Å². The zero-order valence-electron chi connectivity index (χ0n) is 13.1. The molecule has 1 spiro atoms. The molecule has 1 atom stereocenters. The van der Waals surface area contributed by atoms with Gasteiger partial charge in [0.25, 0.3) is 0 Å². The summed E-state index contributed by atoms with van der Waals surface area (Å²) in [4.78, 5) is 0. The first-order valence-electron chi connectivity index (χ1n) is 8.24. The van der Waals surface area contributed by atoms with Crippen LogP contribution in [-0.4, -0.2) is 25.4 Å². The maximum atomic E-state index is 6.11. The molecule has 3 nitrogen and oxygen atoms in total. The van der Waals surface area contributed by atoms with E-state index >= 15 is 0 Å². The van der Waals surface area contributed by atoms with Gasteiger partial charge in [0.05, 0.1) is 12.2 Å². The van der Waals surface area contributed by atoms with Crippen molar-refractivity contribution >= 4 is 0 Å². The highest BCUT2D eigenvalue weighted by Gasteiger charge is 2.39. The Balaban J connectivity index is 1.57. The second-order valence-electron chi connectivity index (χ2n) is 6.51. The van der Waals surface area contributed by atoms with Crippen LogP contribution in [0.15, 0.2) is 24.3 Å². The van der Waals surface area contributed by atoms with E-state index in [-0.39, 0.29) is 5.60 Å². The lowest BCUT2D eigenvalue weighted by Gasteiger charge is -2.38. The normalized spacial score (nSPS) is 24.5. The number of rotatable bonds is 5. The van der Waals surface area contributed by atoms with Gasteiger partial charge in [0.1, 0.15) is 0 Å². The molecule has 3 heteroatoms. The van der Waals surface area contributed by atoms with Gasteiger partial charge in [-0.2, -0.15) is 0 Å². The molecule has 1 unspecified atom stereocenters. The van der Waals surface area contributed by atoms with Crippen molar-refractivity contribution in [2.45, 2.75) is 63.3 Å². The van der Waals surface area contributed by atoms with Crippen LogP contribution in [0.25, 0.3) is 0 Å². The summed E-state index contributed by atoms with van der Waals surface area (Å²) in [5, 5.41) is 3.75. The molecule has 0 aromatic heterocycles. The largest absolute Gasteiger partial charge is 0.380 e. The topological polar surface area (TPSA) is 30.5 Å². The first-order chi connectivity index (χ1) is 10.3. The molecule has 1 aliphatic heterocycles. The molecule has 3 rings (SSSR count). The standard InChI is InChI=1S/C18H27NO2/c1-20-14-16-7-3-2-6-15(16)13-19-17-8-11-21-18(12-17)9-4-5-10-18/h2-3,6-7,17,19H,4-5,8-14H2,1H3. The third kappa shape index (κ3) is 3.65. The highest BCUT2D eigenvalue weighted by molar-refractivity contribution is 5.26. The summed E-state index contributed by atoms with van der Waals surface area (Å²) in [5.74, 6) is 0. The van der Waals surface area contributed by atoms with Crippen molar-refractivity contribution in [1.29, 1.82) is 0 Å². The van der Waals surface area contributed by atoms with Gasteiger partial charge < -0.3 is 14.8 Å². The Kier molecular flexibility index (Phi) is 4.94. The number of benzene rings is 1. The average molecular weight is 289 g/mol. The summed E-state index contributed by atoms with van der Waals surface area (Å²) < 4.78 is 11.4. The third-order valence-corrected chi connectivity index (χ3v) is 5.01. The van der Waals surface area contributed by atoms with E-state index in [2.05, 4.69) is 29.6 Å². The van der Waals surface area contributed by atoms with Crippen LogP contribution < -0.4 is 5.32 Å². The number of nitrogens with one attached hydrogen (secondary N) is 1. The first kappa shape index (κ1) is 15.0. The Labute approximate surface area is 128 Å². The van der Waals surface area contributed by atoms with E-state index in [1.807, 2.05) is 0 Å². The van der Waals surface area contributed by atoms with Crippen LogP contribution in [0.3, 0.4) is 0 Å². The lowest BCUT2D eigenvalue weighted by Crippen LogP contribution is -2.45. The molecule has 0 radical (unpaired) electrons. The summed E-state index contributed by atoms with van der Waals surface area (Å²) in [6, 6.07) is 9.14. The van der Waals surface area contributed by atoms with Crippen molar-refractivity contribution in [2.75, 3.05) is 13.7 Å². The predicted octanol–water partition coefficient (Wildman–Crippen LogP) is 3.41. The highest BCUT2D eigenvalue weighted by Crippen LogP contribution is 2.40. The van der Waals surface area contributed by atoms with Crippen LogP contribution in [0.4, 0.5) is 0 Å². The Bertz CT molecular complexity index is 454. The molecule has 1 saturated carbocycles. The van der Waals surface area contributed by atoms with Gasteiger partial charge >= 0.3 is 0 Å². The van der Waals surface area contributed by atoms with E-state index < -0.39 is 0 Å². The monoisotopic (exact) mass is 289 g/mol. The number of hydrogen-bond acceptors (Lipinski definition) is 3. The lowest BCUT2D eigenvalue weighted by molar-refractivity contribution is -0.0838. The smallest absolute Gasteiger partial charge is 0.0716 e. The van der Waals surface area contributed by atoms with Gasteiger partial charge in [-0.25, -0.2) is 0 Å². The molecule has 116 valence electrons. The average Bonchev–Trinajstić information content (AvgIpc) is 2.95. The fourth-order valence-corrected chi connectivity index (χ4v) is 3.85. The molecular formula is C18H27NO2. The molecule has 1 aromatic rings. The zero-order chi connectivity index (χ0) is 14.5. The summed E-state index contributed by atoms with van der Waals surface area (Å²) in [5.41, 5.74) is 2.84. The van der Waals surface area contributed by atoms with Gasteiger partial charge in [0.15, 0.2) is 0 Å². The van der Waals surface area contributed by atoms with E-state index in [0.29, 0.717) is 12.6 Å². The SMILES string of the molecule is COCc1ccccc1CNC1CCOC2(CCCC2)C1. The van der Waals surface area contributed by atoms with E-state index in [9.17, 15) is 0 Å². The lowest BCUT2D eigenvalue weighted by atomic mass is 9.89. The molecule has 1 N–H and O–H groups in total. The minimum absolute atomic E-state index is 0.196. The van der Waals surface area contributed by atoms with E-state index in [1.54, 1.807) is 7.11 Å². The van der Waals surface area contributed by atoms with E-state index in [0.717, 1.165) is 19.6 Å². The van der Waals surface area contributed by atoms with Gasteiger partial charge in [-0.1, -0.05) is 37.1 Å². The summed E-state index contributed by atoms with van der Waals surface area (Å²) in [6.07, 6.45) is 7.50. The fourth-order valence-electron chi connectivity index (χ4n) is 3.85. The minimum atomic E-state index is 0.196.